The van der Waals surface area contributed by atoms with Gasteiger partial charge in [0.1, 0.15) is 5.58 Å². The summed E-state index contributed by atoms with van der Waals surface area (Å²) in [6, 6.07) is 59.9. The van der Waals surface area contributed by atoms with E-state index in [1.807, 2.05) is 18.2 Å². The Morgan fingerprint density at radius 3 is 1.76 bits per heavy atom. The number of nitrogens with zero attached hydrogens (tertiary/aromatic N) is 2. The Labute approximate surface area is 292 Å². The van der Waals surface area contributed by atoms with Gasteiger partial charge in [0.05, 0.1) is 11.1 Å². The summed E-state index contributed by atoms with van der Waals surface area (Å²) in [7, 11) is 0. The lowest BCUT2D eigenvalue weighted by atomic mass is 9.95. The Hall–Kier alpha value is -6.36. The molecule has 0 radical (unpaired) electrons. The number of rotatable bonds is 5. The molecule has 234 valence electrons. The van der Waals surface area contributed by atoms with Crippen LogP contribution >= 0.6 is 11.3 Å². The molecule has 3 aromatic heterocycles. The highest BCUT2D eigenvalue weighted by molar-refractivity contribution is 7.25. The van der Waals surface area contributed by atoms with Gasteiger partial charge in [-0.15, -0.1) is 11.3 Å². The molecule has 0 unspecified atom stereocenters. The molecule has 0 aliphatic rings. The van der Waals surface area contributed by atoms with Crippen molar-refractivity contribution < 1.29 is 4.42 Å². The minimum atomic E-state index is 0.592. The van der Waals surface area contributed by atoms with Crippen LogP contribution in [0.15, 0.2) is 174 Å². The van der Waals surface area contributed by atoms with Crippen LogP contribution in [0.4, 0.5) is 0 Å². The average Bonchev–Trinajstić information content (AvgIpc) is 3.77. The van der Waals surface area contributed by atoms with Gasteiger partial charge < -0.3 is 4.42 Å². The standard InChI is InChI=1S/C46H28N2OS/c1-2-11-29(12-3-1)30-23-25-31(26-24-30)32-13-8-14-33(27-32)34-15-9-16-35(28-34)44-43-36-17-4-6-20-39(36)49-46(43)48-45(47-44)38-19-10-22-41-42(38)37-18-5-7-21-40(37)50-41/h1-28H. The quantitative estimate of drug-likeness (QED) is 0.185. The summed E-state index contributed by atoms with van der Waals surface area (Å²) < 4.78 is 8.90. The maximum absolute atomic E-state index is 6.43. The van der Waals surface area contributed by atoms with Crippen LogP contribution in [0.1, 0.15) is 0 Å². The number of aromatic nitrogens is 2. The van der Waals surface area contributed by atoms with E-state index in [-0.39, 0.29) is 0 Å². The van der Waals surface area contributed by atoms with Crippen molar-refractivity contribution in [1.82, 2.24) is 9.97 Å². The van der Waals surface area contributed by atoms with Gasteiger partial charge in [-0.1, -0.05) is 140 Å². The zero-order valence-electron chi connectivity index (χ0n) is 26.9. The molecule has 4 heteroatoms. The Morgan fingerprint density at radius 1 is 0.400 bits per heavy atom. The third-order valence-corrected chi connectivity index (χ3v) is 10.7. The highest BCUT2D eigenvalue weighted by atomic mass is 32.1. The van der Waals surface area contributed by atoms with Crippen LogP contribution < -0.4 is 0 Å². The van der Waals surface area contributed by atoms with Crippen molar-refractivity contribution in [3.63, 3.8) is 0 Å². The molecule has 7 aromatic carbocycles. The van der Waals surface area contributed by atoms with Crippen LogP contribution in [0, 0.1) is 0 Å². The first-order chi connectivity index (χ1) is 24.8. The zero-order valence-corrected chi connectivity index (χ0v) is 27.7. The van der Waals surface area contributed by atoms with Crippen molar-refractivity contribution in [1.29, 1.82) is 0 Å². The second kappa shape index (κ2) is 11.7. The van der Waals surface area contributed by atoms with E-state index in [1.165, 1.54) is 42.4 Å². The number of furan rings is 1. The molecule has 3 nitrogen and oxygen atoms in total. The summed E-state index contributed by atoms with van der Waals surface area (Å²) in [5.74, 6) is 0.659. The molecular formula is C46H28N2OS. The van der Waals surface area contributed by atoms with Crippen LogP contribution in [0.3, 0.4) is 0 Å². The Kier molecular flexibility index (Phi) is 6.68. The summed E-state index contributed by atoms with van der Waals surface area (Å²) in [4.78, 5) is 10.5. The number of thiophene rings is 1. The van der Waals surface area contributed by atoms with Gasteiger partial charge >= 0.3 is 0 Å². The molecule has 3 heterocycles. The average molecular weight is 657 g/mol. The highest BCUT2D eigenvalue weighted by Crippen LogP contribution is 2.42. The normalized spacial score (nSPS) is 11.6. The highest BCUT2D eigenvalue weighted by Gasteiger charge is 2.20. The molecule has 50 heavy (non-hydrogen) atoms. The second-order valence-corrected chi connectivity index (χ2v) is 13.6. The summed E-state index contributed by atoms with van der Waals surface area (Å²) in [5, 5.41) is 4.33. The summed E-state index contributed by atoms with van der Waals surface area (Å²) in [6.07, 6.45) is 0. The molecule has 0 aliphatic carbocycles. The van der Waals surface area contributed by atoms with Crippen molar-refractivity contribution in [3.8, 4) is 56.0 Å². The van der Waals surface area contributed by atoms with E-state index in [2.05, 4.69) is 152 Å². The maximum atomic E-state index is 6.43. The molecule has 0 saturated heterocycles. The first-order valence-electron chi connectivity index (χ1n) is 16.7. The van der Waals surface area contributed by atoms with Crippen molar-refractivity contribution in [2.45, 2.75) is 0 Å². The number of fused-ring (bicyclic) bond motifs is 6. The molecule has 0 saturated carbocycles. The lowest BCUT2D eigenvalue weighted by Crippen LogP contribution is -1.94. The number of benzene rings is 7. The summed E-state index contributed by atoms with van der Waals surface area (Å²) >= 11 is 1.80. The van der Waals surface area contributed by atoms with Crippen molar-refractivity contribution in [3.05, 3.63) is 170 Å². The lowest BCUT2D eigenvalue weighted by Gasteiger charge is -2.11. The Morgan fingerprint density at radius 2 is 0.960 bits per heavy atom. The van der Waals surface area contributed by atoms with Crippen LogP contribution in [0.25, 0.3) is 98.3 Å². The zero-order chi connectivity index (χ0) is 33.0. The van der Waals surface area contributed by atoms with E-state index in [0.29, 0.717) is 11.5 Å². The van der Waals surface area contributed by atoms with Crippen LogP contribution in [0.2, 0.25) is 0 Å². The third-order valence-electron chi connectivity index (χ3n) is 9.54. The van der Waals surface area contributed by atoms with E-state index >= 15 is 0 Å². The minimum absolute atomic E-state index is 0.592. The fourth-order valence-corrected chi connectivity index (χ4v) is 8.26. The second-order valence-electron chi connectivity index (χ2n) is 12.6. The smallest absolute Gasteiger partial charge is 0.231 e. The maximum Gasteiger partial charge on any atom is 0.231 e. The largest absolute Gasteiger partial charge is 0.438 e. The summed E-state index contributed by atoms with van der Waals surface area (Å²) in [6.45, 7) is 0. The molecule has 10 rings (SSSR count). The van der Waals surface area contributed by atoms with E-state index in [9.17, 15) is 0 Å². The molecular weight excluding hydrogens is 629 g/mol. The van der Waals surface area contributed by atoms with Crippen molar-refractivity contribution >= 4 is 53.6 Å². The van der Waals surface area contributed by atoms with Gasteiger partial charge in [0.25, 0.3) is 0 Å². The SMILES string of the molecule is c1ccc(-c2ccc(-c3cccc(-c4cccc(-c5nc(-c6cccc7sc8ccccc8c67)nc6oc7ccccc7c56)c4)c3)cc2)cc1. The number of hydrogen-bond acceptors (Lipinski definition) is 4. The Balaban J connectivity index is 1.11. The minimum Gasteiger partial charge on any atom is -0.438 e. The number of para-hydroxylation sites is 1. The third kappa shape index (κ3) is 4.80. The van der Waals surface area contributed by atoms with Gasteiger partial charge in [-0.3, -0.25) is 0 Å². The lowest BCUT2D eigenvalue weighted by molar-refractivity contribution is 0.653. The van der Waals surface area contributed by atoms with Gasteiger partial charge in [-0.2, -0.15) is 4.98 Å². The van der Waals surface area contributed by atoms with Crippen molar-refractivity contribution in [2.75, 3.05) is 0 Å². The Bertz CT molecular complexity index is 2870. The van der Waals surface area contributed by atoms with Crippen LogP contribution in [-0.2, 0) is 0 Å². The van der Waals surface area contributed by atoms with Crippen LogP contribution in [0.5, 0.6) is 0 Å². The molecule has 0 aliphatic heterocycles. The van der Waals surface area contributed by atoms with Gasteiger partial charge in [0, 0.05) is 36.7 Å². The molecule has 0 atom stereocenters. The predicted molar refractivity (Wildman–Crippen MR) is 209 cm³/mol. The molecule has 0 amide bonds. The topological polar surface area (TPSA) is 38.9 Å². The first kappa shape index (κ1) is 28.6. The summed E-state index contributed by atoms with van der Waals surface area (Å²) in [5.41, 5.74) is 11.3. The first-order valence-corrected chi connectivity index (χ1v) is 17.6. The van der Waals surface area contributed by atoms with E-state index in [4.69, 9.17) is 14.4 Å². The van der Waals surface area contributed by atoms with Gasteiger partial charge in [-0.05, 0) is 63.7 Å². The van der Waals surface area contributed by atoms with E-state index < -0.39 is 0 Å². The van der Waals surface area contributed by atoms with Crippen molar-refractivity contribution in [2.24, 2.45) is 0 Å². The molecule has 0 spiro atoms. The number of hydrogen-bond donors (Lipinski definition) is 0. The fourth-order valence-electron chi connectivity index (χ4n) is 7.12. The molecule has 0 bridgehead atoms. The predicted octanol–water partition coefficient (Wildman–Crippen LogP) is 13.1. The van der Waals surface area contributed by atoms with E-state index in [1.54, 1.807) is 11.3 Å². The molecule has 0 fully saturated rings. The van der Waals surface area contributed by atoms with Gasteiger partial charge in [0.15, 0.2) is 5.82 Å². The van der Waals surface area contributed by atoms with Gasteiger partial charge in [-0.25, -0.2) is 4.98 Å². The van der Waals surface area contributed by atoms with Gasteiger partial charge in [0.2, 0.25) is 5.71 Å². The molecule has 10 aromatic rings. The van der Waals surface area contributed by atoms with Crippen LogP contribution in [-0.4, -0.2) is 9.97 Å². The van der Waals surface area contributed by atoms with E-state index in [0.717, 1.165) is 44.3 Å². The molecule has 0 N–H and O–H groups in total. The monoisotopic (exact) mass is 656 g/mol. The fraction of sp³-hybridized carbons (Fsp3) is 0.